The number of carboxylic acid groups (broad SMARTS) is 1. The highest BCUT2D eigenvalue weighted by Crippen LogP contribution is 2.45. The maximum atomic E-state index is 10.8. The lowest BCUT2D eigenvalue weighted by atomic mass is 9.67. The van der Waals surface area contributed by atoms with Gasteiger partial charge in [0.2, 0.25) is 0 Å². The minimum absolute atomic E-state index is 0.156. The fourth-order valence-corrected chi connectivity index (χ4v) is 3.08. The number of hydrogen-bond acceptors (Lipinski definition) is 2. The summed E-state index contributed by atoms with van der Waals surface area (Å²) in [7, 11) is 0. The first-order valence-corrected chi connectivity index (χ1v) is 6.17. The Morgan fingerprint density at radius 2 is 1.88 bits per heavy atom. The molecule has 1 N–H and O–H groups in total. The van der Waals surface area contributed by atoms with Gasteiger partial charge in [-0.2, -0.15) is 0 Å². The molecule has 1 saturated heterocycles. The zero-order chi connectivity index (χ0) is 12.3. The standard InChI is InChI=1S/C11H18N4O2/c12-14-13-9-1-3-11(4-2-9)5-7-15(8-6-11)10(16)17/h9H,1-8H2,(H,16,17). The highest BCUT2D eigenvalue weighted by Gasteiger charge is 2.38. The van der Waals surface area contributed by atoms with Crippen molar-refractivity contribution in [3.05, 3.63) is 10.4 Å². The summed E-state index contributed by atoms with van der Waals surface area (Å²) < 4.78 is 0. The molecule has 6 nitrogen and oxygen atoms in total. The van der Waals surface area contributed by atoms with E-state index in [0.717, 1.165) is 38.5 Å². The van der Waals surface area contributed by atoms with E-state index in [0.29, 0.717) is 18.5 Å². The predicted molar refractivity (Wildman–Crippen MR) is 62.7 cm³/mol. The van der Waals surface area contributed by atoms with Gasteiger partial charge in [-0.3, -0.25) is 0 Å². The van der Waals surface area contributed by atoms with Crippen molar-refractivity contribution in [2.24, 2.45) is 10.5 Å². The van der Waals surface area contributed by atoms with E-state index in [9.17, 15) is 4.79 Å². The van der Waals surface area contributed by atoms with Gasteiger partial charge in [-0.05, 0) is 49.5 Å². The van der Waals surface area contributed by atoms with Crippen LogP contribution in [0, 0.1) is 5.41 Å². The Bertz CT molecular complexity index is 312. The summed E-state index contributed by atoms with van der Waals surface area (Å²) in [6.07, 6.45) is 5.18. The van der Waals surface area contributed by atoms with Gasteiger partial charge in [-0.1, -0.05) is 5.11 Å². The van der Waals surface area contributed by atoms with Crippen molar-refractivity contribution in [3.8, 4) is 0 Å². The molecule has 2 fully saturated rings. The molecule has 17 heavy (non-hydrogen) atoms. The molecule has 94 valence electrons. The number of carbonyl (C=O) groups is 1. The second-order valence-electron chi connectivity index (χ2n) is 5.21. The van der Waals surface area contributed by atoms with E-state index in [4.69, 9.17) is 10.6 Å². The average molecular weight is 238 g/mol. The lowest BCUT2D eigenvalue weighted by molar-refractivity contribution is 0.0606. The normalized spacial score (nSPS) is 24.4. The number of likely N-dealkylation sites (tertiary alicyclic amines) is 1. The average Bonchev–Trinajstić information content (AvgIpc) is 2.33. The van der Waals surface area contributed by atoms with E-state index in [-0.39, 0.29) is 6.04 Å². The first-order valence-electron chi connectivity index (χ1n) is 6.17. The SMILES string of the molecule is [N-]=[N+]=NC1CCC2(CC1)CCN(C(=O)O)CC2. The third-order valence-electron chi connectivity index (χ3n) is 4.33. The number of nitrogens with zero attached hydrogens (tertiary/aromatic N) is 4. The van der Waals surface area contributed by atoms with Crippen LogP contribution in [0.1, 0.15) is 38.5 Å². The summed E-state index contributed by atoms with van der Waals surface area (Å²) in [5.41, 5.74) is 8.72. The molecule has 0 radical (unpaired) electrons. The first-order chi connectivity index (χ1) is 8.15. The minimum Gasteiger partial charge on any atom is -0.465 e. The number of piperidine rings is 1. The maximum Gasteiger partial charge on any atom is 0.407 e. The molecule has 0 aromatic carbocycles. The summed E-state index contributed by atoms with van der Waals surface area (Å²) in [6, 6.07) is 0.156. The molecule has 2 aliphatic rings. The van der Waals surface area contributed by atoms with Crippen molar-refractivity contribution >= 4 is 6.09 Å². The van der Waals surface area contributed by atoms with E-state index in [1.54, 1.807) is 0 Å². The van der Waals surface area contributed by atoms with Crippen LogP contribution in [-0.4, -0.2) is 35.2 Å². The fourth-order valence-electron chi connectivity index (χ4n) is 3.08. The quantitative estimate of drug-likeness (QED) is 0.432. The summed E-state index contributed by atoms with van der Waals surface area (Å²) in [5, 5.41) is 12.7. The Kier molecular flexibility index (Phi) is 3.43. The van der Waals surface area contributed by atoms with Gasteiger partial charge in [-0.25, -0.2) is 4.79 Å². The highest BCUT2D eigenvalue weighted by atomic mass is 16.4. The molecule has 0 bridgehead atoms. The molecule has 2 rings (SSSR count). The lowest BCUT2D eigenvalue weighted by Crippen LogP contribution is -2.44. The molecule has 0 aromatic rings. The number of azide groups is 1. The molecular weight excluding hydrogens is 220 g/mol. The first kappa shape index (κ1) is 12.0. The van der Waals surface area contributed by atoms with E-state index < -0.39 is 6.09 Å². The lowest BCUT2D eigenvalue weighted by Gasteiger charge is -2.44. The molecule has 1 saturated carbocycles. The smallest absolute Gasteiger partial charge is 0.407 e. The van der Waals surface area contributed by atoms with Crippen LogP contribution < -0.4 is 0 Å². The Hall–Kier alpha value is -1.42. The Balaban J connectivity index is 1.88. The molecule has 1 amide bonds. The van der Waals surface area contributed by atoms with Crippen LogP contribution in [0.4, 0.5) is 4.79 Å². The number of hydrogen-bond donors (Lipinski definition) is 1. The second kappa shape index (κ2) is 4.84. The Morgan fingerprint density at radius 3 is 2.35 bits per heavy atom. The predicted octanol–water partition coefficient (Wildman–Crippen LogP) is 3.00. The molecule has 0 aromatic heterocycles. The van der Waals surface area contributed by atoms with E-state index in [1.165, 1.54) is 4.90 Å². The van der Waals surface area contributed by atoms with E-state index in [1.807, 2.05) is 0 Å². The van der Waals surface area contributed by atoms with Gasteiger partial charge in [0.05, 0.1) is 0 Å². The van der Waals surface area contributed by atoms with Crippen LogP contribution in [0.5, 0.6) is 0 Å². The maximum absolute atomic E-state index is 10.8. The molecule has 6 heteroatoms. The van der Waals surface area contributed by atoms with Crippen LogP contribution in [0.3, 0.4) is 0 Å². The molecule has 1 aliphatic heterocycles. The number of amides is 1. The zero-order valence-corrected chi connectivity index (χ0v) is 9.88. The van der Waals surface area contributed by atoms with Crippen LogP contribution in [0.25, 0.3) is 10.4 Å². The van der Waals surface area contributed by atoms with Gasteiger partial charge in [0.15, 0.2) is 0 Å². The van der Waals surface area contributed by atoms with Crippen molar-refractivity contribution in [2.75, 3.05) is 13.1 Å². The van der Waals surface area contributed by atoms with E-state index in [2.05, 4.69) is 10.0 Å². The van der Waals surface area contributed by atoms with Crippen molar-refractivity contribution < 1.29 is 9.90 Å². The second-order valence-corrected chi connectivity index (χ2v) is 5.21. The van der Waals surface area contributed by atoms with E-state index >= 15 is 0 Å². The molecule has 1 spiro atoms. The van der Waals surface area contributed by atoms with Gasteiger partial charge in [0.25, 0.3) is 0 Å². The van der Waals surface area contributed by atoms with Gasteiger partial charge in [-0.15, -0.1) is 0 Å². The van der Waals surface area contributed by atoms with Gasteiger partial charge >= 0.3 is 6.09 Å². The van der Waals surface area contributed by atoms with Gasteiger partial charge < -0.3 is 10.0 Å². The van der Waals surface area contributed by atoms with Crippen molar-refractivity contribution in [1.82, 2.24) is 4.90 Å². The molecular formula is C11H18N4O2. The van der Waals surface area contributed by atoms with Crippen LogP contribution in [0.15, 0.2) is 5.11 Å². The monoisotopic (exact) mass is 238 g/mol. The molecule has 0 unspecified atom stereocenters. The Morgan fingerprint density at radius 1 is 1.29 bits per heavy atom. The summed E-state index contributed by atoms with van der Waals surface area (Å²) >= 11 is 0. The summed E-state index contributed by atoms with van der Waals surface area (Å²) in [4.78, 5) is 15.2. The molecule has 1 aliphatic carbocycles. The van der Waals surface area contributed by atoms with Gasteiger partial charge in [0, 0.05) is 24.0 Å². The Labute approximate surface area is 100 Å². The minimum atomic E-state index is -0.803. The van der Waals surface area contributed by atoms with Crippen molar-refractivity contribution in [2.45, 2.75) is 44.6 Å². The van der Waals surface area contributed by atoms with Crippen LogP contribution in [-0.2, 0) is 0 Å². The molecule has 1 heterocycles. The topological polar surface area (TPSA) is 89.3 Å². The summed E-state index contributed by atoms with van der Waals surface area (Å²) in [6.45, 7) is 1.31. The third-order valence-corrected chi connectivity index (χ3v) is 4.33. The fraction of sp³-hybridized carbons (Fsp3) is 0.909. The molecule has 0 atom stereocenters. The zero-order valence-electron chi connectivity index (χ0n) is 9.88. The third kappa shape index (κ3) is 2.64. The van der Waals surface area contributed by atoms with Crippen molar-refractivity contribution in [3.63, 3.8) is 0 Å². The van der Waals surface area contributed by atoms with Gasteiger partial charge in [0.1, 0.15) is 0 Å². The highest BCUT2D eigenvalue weighted by molar-refractivity contribution is 5.65. The number of rotatable bonds is 1. The summed E-state index contributed by atoms with van der Waals surface area (Å²) in [5.74, 6) is 0. The largest absolute Gasteiger partial charge is 0.465 e. The van der Waals surface area contributed by atoms with Crippen LogP contribution in [0.2, 0.25) is 0 Å². The van der Waals surface area contributed by atoms with Crippen LogP contribution >= 0.6 is 0 Å². The van der Waals surface area contributed by atoms with Crippen molar-refractivity contribution in [1.29, 1.82) is 0 Å².